The summed E-state index contributed by atoms with van der Waals surface area (Å²) in [4.78, 5) is 0. The highest BCUT2D eigenvalue weighted by Gasteiger charge is 2.25. The van der Waals surface area contributed by atoms with Crippen LogP contribution in [-0.4, -0.2) is 24.7 Å². The van der Waals surface area contributed by atoms with Crippen LogP contribution in [-0.2, 0) is 10.1 Å². The van der Waals surface area contributed by atoms with E-state index in [1.54, 1.807) is 0 Å². The maximum atomic E-state index is 12.8. The van der Waals surface area contributed by atoms with Crippen molar-refractivity contribution in [2.45, 2.75) is 69.5 Å². The summed E-state index contributed by atoms with van der Waals surface area (Å²) in [5.41, 5.74) is -2.24. The molecule has 4 N–H and O–H groups in total. The lowest BCUT2D eigenvalue weighted by atomic mass is 10.1. The molecule has 1 unspecified atom stereocenters. The Kier molecular flexibility index (Phi) is 11.3. The molecule has 0 saturated carbocycles. The molecule has 0 amide bonds. The fourth-order valence-corrected chi connectivity index (χ4v) is 2.13. The van der Waals surface area contributed by atoms with E-state index in [-0.39, 0.29) is 19.0 Å². The van der Waals surface area contributed by atoms with E-state index < -0.39 is 28.2 Å². The first-order valence-corrected chi connectivity index (χ1v) is 7.80. The predicted molar refractivity (Wildman–Crippen MR) is 69.1 cm³/mol. The van der Waals surface area contributed by atoms with Crippen molar-refractivity contribution in [3.63, 3.8) is 0 Å². The minimum atomic E-state index is -4.59. The van der Waals surface area contributed by atoms with Crippen molar-refractivity contribution in [2.24, 2.45) is 0 Å². The summed E-state index contributed by atoms with van der Waals surface area (Å²) in [6.45, 7) is 0. The summed E-state index contributed by atoms with van der Waals surface area (Å²) < 4.78 is 77.2. The van der Waals surface area contributed by atoms with Gasteiger partial charge in [-0.25, -0.2) is 4.39 Å². The van der Waals surface area contributed by atoms with Crippen molar-refractivity contribution < 1.29 is 30.5 Å². The molecule has 0 fully saturated rings. The zero-order valence-corrected chi connectivity index (χ0v) is 12.1. The highest BCUT2D eigenvalue weighted by atomic mass is 32.2. The molecule has 0 aromatic heterocycles. The first-order chi connectivity index (χ1) is 8.63. The van der Waals surface area contributed by atoms with E-state index >= 15 is 0 Å². The van der Waals surface area contributed by atoms with Crippen LogP contribution in [0.1, 0.15) is 57.8 Å². The van der Waals surface area contributed by atoms with Crippen LogP contribution in [0.15, 0.2) is 0 Å². The van der Waals surface area contributed by atoms with E-state index in [1.165, 1.54) is 0 Å². The van der Waals surface area contributed by atoms with Gasteiger partial charge in [-0.2, -0.15) is 21.6 Å². The second kappa shape index (κ2) is 10.3. The molecular formula is C11H23F4NO3S. The van der Waals surface area contributed by atoms with Crippen LogP contribution in [0.5, 0.6) is 0 Å². The van der Waals surface area contributed by atoms with Gasteiger partial charge in [-0.3, -0.25) is 4.55 Å². The smallest absolute Gasteiger partial charge is 0.344 e. The summed E-state index contributed by atoms with van der Waals surface area (Å²) in [7, 11) is -4.59. The monoisotopic (exact) mass is 325 g/mol. The first kappa shape index (κ1) is 21.9. The van der Waals surface area contributed by atoms with Gasteiger partial charge in [0.05, 0.1) is 0 Å². The van der Waals surface area contributed by atoms with Gasteiger partial charge in [0.2, 0.25) is 5.50 Å². The summed E-state index contributed by atoms with van der Waals surface area (Å²) in [5.74, 6) is 0. The van der Waals surface area contributed by atoms with Crippen LogP contribution in [0.25, 0.3) is 0 Å². The SMILES string of the molecule is N.O=S(=O)(O)C(F)CCCCCCCCCC(F)(F)F. The highest BCUT2D eigenvalue weighted by Crippen LogP contribution is 2.23. The van der Waals surface area contributed by atoms with Gasteiger partial charge >= 0.3 is 6.18 Å². The minimum absolute atomic E-state index is 0. The summed E-state index contributed by atoms with van der Waals surface area (Å²) >= 11 is 0. The molecule has 0 aliphatic heterocycles. The van der Waals surface area contributed by atoms with Crippen molar-refractivity contribution in [1.82, 2.24) is 6.15 Å². The molecule has 9 heteroatoms. The Bertz CT molecular complexity index is 333. The van der Waals surface area contributed by atoms with Gasteiger partial charge in [0.25, 0.3) is 10.1 Å². The third kappa shape index (κ3) is 14.0. The first-order valence-electron chi connectivity index (χ1n) is 6.30. The number of unbranched alkanes of at least 4 members (excludes halogenated alkanes) is 6. The molecule has 0 aromatic rings. The van der Waals surface area contributed by atoms with Crippen LogP contribution >= 0.6 is 0 Å². The van der Waals surface area contributed by atoms with Crippen molar-refractivity contribution >= 4 is 10.1 Å². The lowest BCUT2D eigenvalue weighted by molar-refractivity contribution is -0.135. The van der Waals surface area contributed by atoms with Crippen LogP contribution in [0.3, 0.4) is 0 Å². The van der Waals surface area contributed by atoms with E-state index in [1.807, 2.05) is 0 Å². The summed E-state index contributed by atoms with van der Waals surface area (Å²) in [5, 5.41) is 0. The molecule has 0 heterocycles. The second-order valence-corrected chi connectivity index (χ2v) is 6.10. The van der Waals surface area contributed by atoms with Crippen LogP contribution in [0.2, 0.25) is 0 Å². The molecule has 1 atom stereocenters. The van der Waals surface area contributed by atoms with Gasteiger partial charge in [-0.05, 0) is 19.3 Å². The third-order valence-electron chi connectivity index (χ3n) is 2.71. The Morgan fingerprint density at radius 3 is 1.70 bits per heavy atom. The van der Waals surface area contributed by atoms with Gasteiger partial charge in [-0.15, -0.1) is 0 Å². The minimum Gasteiger partial charge on any atom is -0.344 e. The van der Waals surface area contributed by atoms with E-state index in [9.17, 15) is 26.0 Å². The lowest BCUT2D eigenvalue weighted by Crippen LogP contribution is -2.14. The number of halogens is 4. The number of rotatable bonds is 10. The third-order valence-corrected chi connectivity index (χ3v) is 3.60. The molecule has 124 valence electrons. The zero-order chi connectivity index (χ0) is 14.9. The standard InChI is InChI=1S/C11H20F4O3S.H3N/c12-10(19(16,17)18)8-6-4-2-1-3-5-7-9-11(13,14)15;/h10H,1-9H2,(H,16,17,18);1H3. The molecular weight excluding hydrogens is 302 g/mol. The van der Waals surface area contributed by atoms with E-state index in [0.717, 1.165) is 12.8 Å². The maximum Gasteiger partial charge on any atom is 0.389 e. The zero-order valence-electron chi connectivity index (χ0n) is 11.3. The van der Waals surface area contributed by atoms with Gasteiger partial charge in [0.15, 0.2) is 0 Å². The summed E-state index contributed by atoms with van der Waals surface area (Å²) in [6.07, 6.45) is -1.35. The van der Waals surface area contributed by atoms with E-state index in [2.05, 4.69) is 0 Å². The maximum absolute atomic E-state index is 12.8. The number of hydrogen-bond acceptors (Lipinski definition) is 3. The summed E-state index contributed by atoms with van der Waals surface area (Å²) in [6, 6.07) is 0. The molecule has 0 spiro atoms. The average Bonchev–Trinajstić information content (AvgIpc) is 2.23. The highest BCUT2D eigenvalue weighted by molar-refractivity contribution is 7.86. The Hall–Kier alpha value is -0.410. The number of hydrogen-bond donors (Lipinski definition) is 2. The Morgan fingerprint density at radius 2 is 1.30 bits per heavy atom. The molecule has 0 radical (unpaired) electrons. The Balaban J connectivity index is 0. The topological polar surface area (TPSA) is 89.4 Å². The fourth-order valence-electron chi connectivity index (χ4n) is 1.66. The lowest BCUT2D eigenvalue weighted by Gasteiger charge is -2.06. The number of alkyl halides is 4. The molecule has 20 heavy (non-hydrogen) atoms. The fraction of sp³-hybridized carbons (Fsp3) is 1.00. The quantitative estimate of drug-likeness (QED) is 0.354. The Labute approximate surface area is 117 Å². The van der Waals surface area contributed by atoms with Crippen molar-refractivity contribution in [1.29, 1.82) is 0 Å². The second-order valence-electron chi connectivity index (χ2n) is 4.55. The Morgan fingerprint density at radius 1 is 0.900 bits per heavy atom. The normalized spacial score (nSPS) is 13.8. The molecule has 0 bridgehead atoms. The van der Waals surface area contributed by atoms with Crippen LogP contribution < -0.4 is 6.15 Å². The van der Waals surface area contributed by atoms with Crippen molar-refractivity contribution in [3.05, 3.63) is 0 Å². The largest absolute Gasteiger partial charge is 0.389 e. The molecule has 0 aromatic carbocycles. The molecule has 0 aliphatic carbocycles. The van der Waals surface area contributed by atoms with Crippen molar-refractivity contribution in [2.75, 3.05) is 0 Å². The predicted octanol–water partition coefficient (Wildman–Crippen LogP) is 4.41. The molecule has 4 nitrogen and oxygen atoms in total. The van der Waals surface area contributed by atoms with Gasteiger partial charge < -0.3 is 6.15 Å². The van der Waals surface area contributed by atoms with Crippen LogP contribution in [0.4, 0.5) is 17.6 Å². The van der Waals surface area contributed by atoms with E-state index in [0.29, 0.717) is 25.7 Å². The average molecular weight is 325 g/mol. The van der Waals surface area contributed by atoms with Crippen LogP contribution in [0, 0.1) is 0 Å². The van der Waals surface area contributed by atoms with Gasteiger partial charge in [0.1, 0.15) is 0 Å². The van der Waals surface area contributed by atoms with Gasteiger partial charge in [0, 0.05) is 6.42 Å². The molecule has 0 rings (SSSR count). The van der Waals surface area contributed by atoms with E-state index in [4.69, 9.17) is 4.55 Å². The molecule has 0 saturated heterocycles. The van der Waals surface area contributed by atoms with Gasteiger partial charge in [-0.1, -0.05) is 32.1 Å². The molecule has 0 aliphatic rings. The van der Waals surface area contributed by atoms with Crippen molar-refractivity contribution in [3.8, 4) is 0 Å².